The van der Waals surface area contributed by atoms with Crippen molar-refractivity contribution >= 4 is 5.91 Å². The van der Waals surface area contributed by atoms with E-state index in [0.29, 0.717) is 30.5 Å². The van der Waals surface area contributed by atoms with Crippen LogP contribution in [0.2, 0.25) is 0 Å². The molecule has 0 saturated heterocycles. The van der Waals surface area contributed by atoms with Gasteiger partial charge in [0.1, 0.15) is 0 Å². The number of nitrogens with one attached hydrogen (secondary N) is 1. The Morgan fingerprint density at radius 3 is 2.57 bits per heavy atom. The van der Waals surface area contributed by atoms with Crippen LogP contribution in [-0.4, -0.2) is 47.2 Å². The second kappa shape index (κ2) is 12.9. The number of amides is 1. The van der Waals surface area contributed by atoms with Gasteiger partial charge in [0.2, 0.25) is 11.8 Å². The molecule has 2 aromatic carbocycles. The van der Waals surface area contributed by atoms with Gasteiger partial charge in [-0.25, -0.2) is 4.98 Å². The molecule has 0 aliphatic carbocycles. The molecule has 7 nitrogen and oxygen atoms in total. The van der Waals surface area contributed by atoms with Crippen molar-refractivity contribution in [3.05, 3.63) is 84.1 Å². The summed E-state index contributed by atoms with van der Waals surface area (Å²) in [5, 5.41) is 12.8. The van der Waals surface area contributed by atoms with Crippen LogP contribution in [0.15, 0.2) is 72.9 Å². The average molecular weight is 476 g/mol. The molecule has 35 heavy (non-hydrogen) atoms. The molecule has 0 fully saturated rings. The Morgan fingerprint density at radius 2 is 1.74 bits per heavy atom. The van der Waals surface area contributed by atoms with Crippen LogP contribution in [0.3, 0.4) is 0 Å². The van der Waals surface area contributed by atoms with Crippen LogP contribution in [-0.2, 0) is 11.3 Å². The Labute approximate surface area is 206 Å². The Balaban J connectivity index is 1.50. The van der Waals surface area contributed by atoms with Gasteiger partial charge < -0.3 is 19.9 Å². The number of aromatic nitrogens is 1. The second-order valence-electron chi connectivity index (χ2n) is 8.70. The summed E-state index contributed by atoms with van der Waals surface area (Å²) in [6, 6.07) is 20.6. The zero-order chi connectivity index (χ0) is 24.3. The first kappa shape index (κ1) is 24.7. The average Bonchev–Trinajstić information content (AvgIpc) is 2.88. The van der Waals surface area contributed by atoms with Gasteiger partial charge >= 0.3 is 0 Å². The van der Waals surface area contributed by atoms with Crippen molar-refractivity contribution in [3.63, 3.8) is 0 Å². The molecule has 0 spiro atoms. The molecular formula is C28H33N3O4. The van der Waals surface area contributed by atoms with E-state index >= 15 is 0 Å². The molecule has 1 aromatic heterocycles. The number of hydrogen-bond acceptors (Lipinski definition) is 6. The number of hydrogen-bond donors (Lipinski definition) is 2. The first-order valence-corrected chi connectivity index (χ1v) is 12.2. The molecule has 0 unspecified atom stereocenters. The lowest BCUT2D eigenvalue weighted by Gasteiger charge is -2.25. The summed E-state index contributed by atoms with van der Waals surface area (Å²) in [7, 11) is 0. The summed E-state index contributed by atoms with van der Waals surface area (Å²) in [5.74, 6) is 1.71. The van der Waals surface area contributed by atoms with Gasteiger partial charge in [-0.05, 0) is 43.1 Å². The lowest BCUT2D eigenvalue weighted by atomic mass is 10.1. The van der Waals surface area contributed by atoms with Crippen molar-refractivity contribution in [2.75, 3.05) is 26.3 Å². The van der Waals surface area contributed by atoms with E-state index < -0.39 is 6.04 Å². The van der Waals surface area contributed by atoms with Gasteiger partial charge in [-0.3, -0.25) is 9.69 Å². The third kappa shape index (κ3) is 7.28. The quantitative estimate of drug-likeness (QED) is 0.566. The Morgan fingerprint density at radius 1 is 0.971 bits per heavy atom. The van der Waals surface area contributed by atoms with Gasteiger partial charge in [-0.15, -0.1) is 0 Å². The van der Waals surface area contributed by atoms with Gasteiger partial charge in [-0.1, -0.05) is 61.4 Å². The molecule has 2 N–H and O–H groups in total. The van der Waals surface area contributed by atoms with E-state index in [1.165, 1.54) is 0 Å². The summed E-state index contributed by atoms with van der Waals surface area (Å²) in [5.41, 5.74) is 1.78. The molecule has 2 heterocycles. The second-order valence-corrected chi connectivity index (χ2v) is 8.70. The number of para-hydroxylation sites is 2. The maximum Gasteiger partial charge on any atom is 0.234 e. The largest absolute Gasteiger partial charge is 0.490 e. The molecule has 1 atom stereocenters. The zero-order valence-electron chi connectivity index (χ0n) is 19.9. The fourth-order valence-electron chi connectivity index (χ4n) is 4.19. The van der Waals surface area contributed by atoms with Gasteiger partial charge in [0.05, 0.1) is 25.8 Å². The Hall–Kier alpha value is -3.42. The van der Waals surface area contributed by atoms with E-state index in [-0.39, 0.29) is 19.1 Å². The van der Waals surface area contributed by atoms with E-state index in [4.69, 9.17) is 9.47 Å². The summed E-state index contributed by atoms with van der Waals surface area (Å²) in [4.78, 5) is 19.6. The molecule has 7 heteroatoms. The number of carbonyl (C=O) groups excluding carboxylic acids is 1. The molecule has 3 aromatic rings. The SMILES string of the molecule is O=C(CN1CCCCCCOc2ccccc2Oc2ncccc2C1)N[C@H](CO)c1ccccc1. The standard InChI is InChI=1S/C28H33N3O4/c32-21-24(22-11-4-3-5-12-22)30-27(33)20-31-17-8-1-2-9-18-34-25-14-6-7-15-26(25)35-28-23(19-31)13-10-16-29-28/h3-7,10-16,24,32H,1-2,8-9,17-21H2,(H,30,33)/t24-/m1/s1. The van der Waals surface area contributed by atoms with Crippen LogP contribution < -0.4 is 14.8 Å². The first-order chi connectivity index (χ1) is 17.2. The van der Waals surface area contributed by atoms with E-state index in [1.54, 1.807) is 6.20 Å². The number of ether oxygens (including phenoxy) is 2. The molecule has 4 rings (SSSR count). The van der Waals surface area contributed by atoms with Crippen LogP contribution in [0.5, 0.6) is 17.4 Å². The Bertz CT molecular complexity index is 1080. The first-order valence-electron chi connectivity index (χ1n) is 12.2. The highest BCUT2D eigenvalue weighted by molar-refractivity contribution is 5.78. The predicted octanol–water partition coefficient (Wildman–Crippen LogP) is 4.48. The van der Waals surface area contributed by atoms with E-state index in [0.717, 1.165) is 43.4 Å². The van der Waals surface area contributed by atoms with Crippen LogP contribution >= 0.6 is 0 Å². The van der Waals surface area contributed by atoms with Crippen molar-refractivity contribution in [1.82, 2.24) is 15.2 Å². The molecule has 1 aliphatic heterocycles. The third-order valence-electron chi connectivity index (χ3n) is 6.01. The van der Waals surface area contributed by atoms with Crippen molar-refractivity contribution in [1.29, 1.82) is 0 Å². The number of aliphatic hydroxyl groups excluding tert-OH is 1. The fourth-order valence-corrected chi connectivity index (χ4v) is 4.19. The molecule has 1 aliphatic rings. The zero-order valence-corrected chi connectivity index (χ0v) is 19.9. The topological polar surface area (TPSA) is 83.9 Å². The normalized spacial score (nSPS) is 15.9. The minimum Gasteiger partial charge on any atom is -0.490 e. The fraction of sp³-hybridized carbons (Fsp3) is 0.357. The van der Waals surface area contributed by atoms with Crippen LogP contribution in [0.1, 0.15) is 42.9 Å². The molecule has 0 bridgehead atoms. The monoisotopic (exact) mass is 475 g/mol. The highest BCUT2D eigenvalue weighted by atomic mass is 16.5. The number of nitrogens with zero attached hydrogens (tertiary/aromatic N) is 2. The molecule has 184 valence electrons. The van der Waals surface area contributed by atoms with Crippen molar-refractivity contribution in [3.8, 4) is 17.4 Å². The number of carbonyl (C=O) groups is 1. The summed E-state index contributed by atoms with van der Waals surface area (Å²) >= 11 is 0. The third-order valence-corrected chi connectivity index (χ3v) is 6.01. The minimum atomic E-state index is -0.433. The molecular weight excluding hydrogens is 442 g/mol. The number of pyridine rings is 1. The number of fused-ring (bicyclic) bond motifs is 2. The van der Waals surface area contributed by atoms with E-state index in [1.807, 2.05) is 66.7 Å². The maximum absolute atomic E-state index is 13.0. The van der Waals surface area contributed by atoms with E-state index in [9.17, 15) is 9.90 Å². The predicted molar refractivity (Wildman–Crippen MR) is 134 cm³/mol. The van der Waals surface area contributed by atoms with Crippen molar-refractivity contribution < 1.29 is 19.4 Å². The highest BCUT2D eigenvalue weighted by Crippen LogP contribution is 2.32. The van der Waals surface area contributed by atoms with Crippen molar-refractivity contribution in [2.24, 2.45) is 0 Å². The molecule has 1 amide bonds. The molecule has 0 radical (unpaired) electrons. The maximum atomic E-state index is 13.0. The van der Waals surface area contributed by atoms with Crippen molar-refractivity contribution in [2.45, 2.75) is 38.3 Å². The number of benzene rings is 2. The van der Waals surface area contributed by atoms with E-state index in [2.05, 4.69) is 15.2 Å². The minimum absolute atomic E-state index is 0.126. The van der Waals surface area contributed by atoms with Gasteiger partial charge in [0.15, 0.2) is 11.5 Å². The lowest BCUT2D eigenvalue weighted by molar-refractivity contribution is -0.123. The van der Waals surface area contributed by atoms with Crippen LogP contribution in [0, 0.1) is 0 Å². The highest BCUT2D eigenvalue weighted by Gasteiger charge is 2.19. The smallest absolute Gasteiger partial charge is 0.234 e. The Kier molecular flexibility index (Phi) is 9.09. The van der Waals surface area contributed by atoms with Gasteiger partial charge in [0, 0.05) is 18.3 Å². The van der Waals surface area contributed by atoms with Crippen LogP contribution in [0.4, 0.5) is 0 Å². The number of rotatable bonds is 5. The van der Waals surface area contributed by atoms with Crippen LogP contribution in [0.25, 0.3) is 0 Å². The summed E-state index contributed by atoms with van der Waals surface area (Å²) in [6.07, 6.45) is 5.75. The van der Waals surface area contributed by atoms with Gasteiger partial charge in [-0.2, -0.15) is 0 Å². The lowest BCUT2D eigenvalue weighted by Crippen LogP contribution is -2.40. The molecule has 0 saturated carbocycles. The summed E-state index contributed by atoms with van der Waals surface area (Å²) < 4.78 is 12.2. The summed E-state index contributed by atoms with van der Waals surface area (Å²) in [6.45, 7) is 1.99. The van der Waals surface area contributed by atoms with Gasteiger partial charge in [0.25, 0.3) is 0 Å². The number of aliphatic hydroxyl groups is 1.